The van der Waals surface area contributed by atoms with Gasteiger partial charge in [0.15, 0.2) is 0 Å². The van der Waals surface area contributed by atoms with Crippen LogP contribution in [-0.4, -0.2) is 45.8 Å². The third kappa shape index (κ3) is 2.79. The monoisotopic (exact) mass is 322 g/mol. The van der Waals surface area contributed by atoms with Crippen molar-refractivity contribution >= 4 is 17.3 Å². The fraction of sp³-hybridized carbons (Fsp3) is 0.389. The number of anilines is 2. The first kappa shape index (κ1) is 14.9. The molecule has 6 heteroatoms. The number of rotatable bonds is 2. The summed E-state index contributed by atoms with van der Waals surface area (Å²) in [6.45, 7) is 8.19. The van der Waals surface area contributed by atoms with Crippen LogP contribution in [0.2, 0.25) is 0 Å². The van der Waals surface area contributed by atoms with Crippen molar-refractivity contribution in [3.8, 4) is 0 Å². The second-order valence-corrected chi connectivity index (χ2v) is 6.39. The van der Waals surface area contributed by atoms with Crippen LogP contribution in [0.25, 0.3) is 5.78 Å². The molecule has 1 aliphatic rings. The molecule has 0 atom stereocenters. The molecule has 3 heterocycles. The molecule has 6 nitrogen and oxygen atoms in total. The van der Waals surface area contributed by atoms with Crippen LogP contribution in [0, 0.1) is 13.8 Å². The maximum Gasteiger partial charge on any atom is 0.254 e. The van der Waals surface area contributed by atoms with Gasteiger partial charge >= 0.3 is 0 Å². The minimum atomic E-state index is 0.671. The maximum atomic E-state index is 4.44. The molecule has 1 aromatic carbocycles. The van der Waals surface area contributed by atoms with Crippen LogP contribution in [0.3, 0.4) is 0 Å². The van der Waals surface area contributed by atoms with Crippen LogP contribution in [0.4, 0.5) is 11.5 Å². The summed E-state index contributed by atoms with van der Waals surface area (Å²) < 4.78 is 1.84. The van der Waals surface area contributed by atoms with Crippen molar-refractivity contribution < 1.29 is 0 Å². The molecule has 2 aromatic heterocycles. The Morgan fingerprint density at radius 1 is 0.917 bits per heavy atom. The predicted molar refractivity (Wildman–Crippen MR) is 95.7 cm³/mol. The predicted octanol–water partition coefficient (Wildman–Crippen LogP) is 2.46. The summed E-state index contributed by atoms with van der Waals surface area (Å²) in [4.78, 5) is 13.5. The SMILES string of the molecule is Cc1ccc(N2CCCN(c3cc(C)nc4ncnn34)CC2)cc1. The number of nitrogens with zero attached hydrogens (tertiary/aromatic N) is 6. The number of benzene rings is 1. The van der Waals surface area contributed by atoms with Gasteiger partial charge in [0.25, 0.3) is 5.78 Å². The molecule has 1 saturated heterocycles. The zero-order valence-corrected chi connectivity index (χ0v) is 14.2. The van der Waals surface area contributed by atoms with Crippen LogP contribution in [0.15, 0.2) is 36.7 Å². The molecule has 3 aromatic rings. The summed E-state index contributed by atoms with van der Waals surface area (Å²) in [5.74, 6) is 1.75. The second-order valence-electron chi connectivity index (χ2n) is 6.39. The molecule has 1 fully saturated rings. The van der Waals surface area contributed by atoms with Crippen LogP contribution >= 0.6 is 0 Å². The van der Waals surface area contributed by atoms with E-state index in [0.717, 1.165) is 44.1 Å². The van der Waals surface area contributed by atoms with E-state index in [2.05, 4.69) is 62.1 Å². The molecule has 0 bridgehead atoms. The van der Waals surface area contributed by atoms with Gasteiger partial charge in [0.05, 0.1) is 0 Å². The topological polar surface area (TPSA) is 49.6 Å². The first-order chi connectivity index (χ1) is 11.7. The van der Waals surface area contributed by atoms with Gasteiger partial charge in [0.1, 0.15) is 12.1 Å². The van der Waals surface area contributed by atoms with E-state index >= 15 is 0 Å². The van der Waals surface area contributed by atoms with Gasteiger partial charge < -0.3 is 9.80 Å². The fourth-order valence-electron chi connectivity index (χ4n) is 3.30. The highest BCUT2D eigenvalue weighted by Crippen LogP contribution is 2.21. The summed E-state index contributed by atoms with van der Waals surface area (Å²) in [7, 11) is 0. The van der Waals surface area contributed by atoms with E-state index in [1.54, 1.807) is 6.33 Å². The van der Waals surface area contributed by atoms with Gasteiger partial charge in [0, 0.05) is 43.6 Å². The Labute approximate surface area is 141 Å². The lowest BCUT2D eigenvalue weighted by atomic mass is 10.2. The zero-order chi connectivity index (χ0) is 16.5. The molecule has 0 aliphatic carbocycles. The minimum absolute atomic E-state index is 0.671. The molecule has 0 amide bonds. The first-order valence-corrected chi connectivity index (χ1v) is 8.45. The Hall–Kier alpha value is -2.63. The molecule has 0 spiro atoms. The van der Waals surface area contributed by atoms with Crippen molar-refractivity contribution in [2.75, 3.05) is 36.0 Å². The summed E-state index contributed by atoms with van der Waals surface area (Å²) in [6.07, 6.45) is 2.69. The highest BCUT2D eigenvalue weighted by Gasteiger charge is 2.18. The number of hydrogen-bond donors (Lipinski definition) is 0. The van der Waals surface area contributed by atoms with E-state index in [-0.39, 0.29) is 0 Å². The Kier molecular flexibility index (Phi) is 3.80. The quantitative estimate of drug-likeness (QED) is 0.725. The normalized spacial score (nSPS) is 15.8. The standard InChI is InChI=1S/C18H22N6/c1-14-4-6-16(7-5-14)22-8-3-9-23(11-10-22)17-12-15(2)21-18-19-13-20-24(17)18/h4-7,12-13H,3,8-11H2,1-2H3. The van der Waals surface area contributed by atoms with E-state index in [1.807, 2.05) is 11.4 Å². The summed E-state index contributed by atoms with van der Waals surface area (Å²) in [5, 5.41) is 4.34. The molecule has 4 rings (SSSR count). The van der Waals surface area contributed by atoms with Gasteiger partial charge in [-0.1, -0.05) is 17.7 Å². The highest BCUT2D eigenvalue weighted by molar-refractivity contribution is 5.50. The Morgan fingerprint density at radius 2 is 1.67 bits per heavy atom. The van der Waals surface area contributed by atoms with Gasteiger partial charge in [-0.2, -0.15) is 14.6 Å². The van der Waals surface area contributed by atoms with Crippen molar-refractivity contribution in [3.05, 3.63) is 47.9 Å². The van der Waals surface area contributed by atoms with E-state index in [0.29, 0.717) is 5.78 Å². The van der Waals surface area contributed by atoms with Crippen molar-refractivity contribution in [3.63, 3.8) is 0 Å². The number of fused-ring (bicyclic) bond motifs is 1. The van der Waals surface area contributed by atoms with Gasteiger partial charge in [-0.05, 0) is 32.4 Å². The van der Waals surface area contributed by atoms with Gasteiger partial charge in [-0.3, -0.25) is 0 Å². The average molecular weight is 322 g/mol. The summed E-state index contributed by atoms with van der Waals surface area (Å²) in [5.41, 5.74) is 3.58. The molecule has 0 saturated carbocycles. The van der Waals surface area contributed by atoms with Crippen molar-refractivity contribution in [2.24, 2.45) is 0 Å². The number of aryl methyl sites for hydroxylation is 2. The number of aromatic nitrogens is 4. The zero-order valence-electron chi connectivity index (χ0n) is 14.2. The molecular weight excluding hydrogens is 300 g/mol. The van der Waals surface area contributed by atoms with Crippen LogP contribution in [0.1, 0.15) is 17.7 Å². The molecule has 1 aliphatic heterocycles. The molecule has 24 heavy (non-hydrogen) atoms. The van der Waals surface area contributed by atoms with Crippen LogP contribution in [0.5, 0.6) is 0 Å². The third-order valence-corrected chi connectivity index (χ3v) is 4.58. The molecule has 0 unspecified atom stereocenters. The smallest absolute Gasteiger partial charge is 0.254 e. The maximum absolute atomic E-state index is 4.44. The second kappa shape index (κ2) is 6.11. The minimum Gasteiger partial charge on any atom is -0.370 e. The van der Waals surface area contributed by atoms with E-state index in [4.69, 9.17) is 0 Å². The Bertz CT molecular complexity index is 838. The van der Waals surface area contributed by atoms with E-state index in [1.165, 1.54) is 11.3 Å². The average Bonchev–Trinajstić information content (AvgIpc) is 2.90. The van der Waals surface area contributed by atoms with Crippen molar-refractivity contribution in [1.29, 1.82) is 0 Å². The Balaban J connectivity index is 1.58. The molecule has 124 valence electrons. The number of hydrogen-bond acceptors (Lipinski definition) is 5. The fourth-order valence-corrected chi connectivity index (χ4v) is 3.30. The van der Waals surface area contributed by atoms with Gasteiger partial charge in [-0.25, -0.2) is 4.98 Å². The first-order valence-electron chi connectivity index (χ1n) is 8.45. The highest BCUT2D eigenvalue weighted by atomic mass is 15.4. The lowest BCUT2D eigenvalue weighted by molar-refractivity contribution is 0.767. The molecular formula is C18H22N6. The summed E-state index contributed by atoms with van der Waals surface area (Å²) >= 11 is 0. The molecule has 0 N–H and O–H groups in total. The van der Waals surface area contributed by atoms with Crippen molar-refractivity contribution in [2.45, 2.75) is 20.3 Å². The Morgan fingerprint density at radius 3 is 2.50 bits per heavy atom. The van der Waals surface area contributed by atoms with Gasteiger partial charge in [-0.15, -0.1) is 0 Å². The lowest BCUT2D eigenvalue weighted by Crippen LogP contribution is -2.32. The largest absolute Gasteiger partial charge is 0.370 e. The van der Waals surface area contributed by atoms with E-state index in [9.17, 15) is 0 Å². The van der Waals surface area contributed by atoms with Crippen LogP contribution < -0.4 is 9.80 Å². The van der Waals surface area contributed by atoms with E-state index < -0.39 is 0 Å². The molecule has 0 radical (unpaired) electrons. The summed E-state index contributed by atoms with van der Waals surface area (Å²) in [6, 6.07) is 10.9. The van der Waals surface area contributed by atoms with Crippen LogP contribution in [-0.2, 0) is 0 Å². The third-order valence-electron chi connectivity index (χ3n) is 4.58. The van der Waals surface area contributed by atoms with Gasteiger partial charge in [0.2, 0.25) is 0 Å². The lowest BCUT2D eigenvalue weighted by Gasteiger charge is -2.25. The van der Waals surface area contributed by atoms with Crippen molar-refractivity contribution in [1.82, 2.24) is 19.6 Å².